The van der Waals surface area contributed by atoms with Gasteiger partial charge in [0.25, 0.3) is 5.91 Å². The van der Waals surface area contributed by atoms with Crippen molar-refractivity contribution in [3.05, 3.63) is 17.5 Å². The molecule has 2 rings (SSSR count). The Balaban J connectivity index is 2.14. The zero-order chi connectivity index (χ0) is 11.8. The van der Waals surface area contributed by atoms with Crippen molar-refractivity contribution in [2.45, 2.75) is 31.7 Å². The number of hydrogen-bond acceptors (Lipinski definition) is 3. The second-order valence-electron chi connectivity index (χ2n) is 4.41. The van der Waals surface area contributed by atoms with Gasteiger partial charge in [0.2, 0.25) is 0 Å². The van der Waals surface area contributed by atoms with Crippen LogP contribution in [0.15, 0.2) is 6.20 Å². The minimum absolute atomic E-state index is 0.0143. The van der Waals surface area contributed by atoms with E-state index in [2.05, 4.69) is 10.4 Å². The van der Waals surface area contributed by atoms with Gasteiger partial charge in [-0.1, -0.05) is 6.92 Å². The van der Waals surface area contributed by atoms with Gasteiger partial charge in [0.05, 0.1) is 23.4 Å². The van der Waals surface area contributed by atoms with Crippen molar-refractivity contribution in [2.24, 2.45) is 7.05 Å². The third kappa shape index (κ3) is 1.95. The average Bonchev–Trinajstić information content (AvgIpc) is 2.93. The molecule has 0 radical (unpaired) electrons. The number of aliphatic hydroxyl groups excluding tert-OH is 1. The minimum atomic E-state index is -0.363. The Hall–Kier alpha value is -1.36. The van der Waals surface area contributed by atoms with E-state index in [4.69, 9.17) is 5.11 Å². The van der Waals surface area contributed by atoms with Gasteiger partial charge >= 0.3 is 0 Å². The number of carbonyl (C=O) groups is 1. The topological polar surface area (TPSA) is 67.2 Å². The smallest absolute Gasteiger partial charge is 0.255 e. The second kappa shape index (κ2) is 3.90. The van der Waals surface area contributed by atoms with Crippen LogP contribution in [0.1, 0.15) is 35.8 Å². The highest BCUT2D eigenvalue weighted by Gasteiger charge is 2.43. The van der Waals surface area contributed by atoms with E-state index in [1.165, 1.54) is 0 Å². The van der Waals surface area contributed by atoms with E-state index in [1.807, 2.05) is 6.92 Å². The zero-order valence-corrected chi connectivity index (χ0v) is 9.66. The van der Waals surface area contributed by atoms with Crippen LogP contribution < -0.4 is 5.32 Å². The maximum atomic E-state index is 12.0. The molecule has 0 atom stereocenters. The predicted octanol–water partition coefficient (Wildman–Crippen LogP) is 0.237. The number of aliphatic hydroxyl groups is 1. The number of nitrogens with one attached hydrogen (secondary N) is 1. The van der Waals surface area contributed by atoms with Crippen LogP contribution in [0.25, 0.3) is 0 Å². The third-order valence-corrected chi connectivity index (χ3v) is 3.02. The van der Waals surface area contributed by atoms with Gasteiger partial charge in [-0.05, 0) is 19.3 Å². The summed E-state index contributed by atoms with van der Waals surface area (Å²) in [6.45, 7) is 1.98. The summed E-state index contributed by atoms with van der Waals surface area (Å²) >= 11 is 0. The fraction of sp³-hybridized carbons (Fsp3) is 0.636. The van der Waals surface area contributed by atoms with E-state index >= 15 is 0 Å². The van der Waals surface area contributed by atoms with E-state index in [0.717, 1.165) is 25.0 Å². The summed E-state index contributed by atoms with van der Waals surface area (Å²) in [6, 6.07) is 0. The first kappa shape index (κ1) is 11.1. The third-order valence-electron chi connectivity index (χ3n) is 3.02. The number of carbonyl (C=O) groups excluding carboxylic acids is 1. The highest BCUT2D eigenvalue weighted by molar-refractivity contribution is 5.95. The molecular formula is C11H17N3O2. The number of hydrogen-bond donors (Lipinski definition) is 2. The maximum Gasteiger partial charge on any atom is 0.255 e. The van der Waals surface area contributed by atoms with Crippen molar-refractivity contribution in [3.8, 4) is 0 Å². The molecule has 1 amide bonds. The Morgan fingerprint density at radius 3 is 2.88 bits per heavy atom. The fourth-order valence-corrected chi connectivity index (χ4v) is 1.77. The summed E-state index contributed by atoms with van der Waals surface area (Å²) in [5, 5.41) is 16.2. The van der Waals surface area contributed by atoms with E-state index in [0.29, 0.717) is 5.56 Å². The Morgan fingerprint density at radius 2 is 2.38 bits per heavy atom. The fourth-order valence-electron chi connectivity index (χ4n) is 1.77. The van der Waals surface area contributed by atoms with Gasteiger partial charge in [0.15, 0.2) is 0 Å². The van der Waals surface area contributed by atoms with Crippen LogP contribution in [-0.4, -0.2) is 32.9 Å². The Bertz CT molecular complexity index is 407. The highest BCUT2D eigenvalue weighted by Crippen LogP contribution is 2.34. The molecule has 16 heavy (non-hydrogen) atoms. The van der Waals surface area contributed by atoms with Gasteiger partial charge in [-0.25, -0.2) is 0 Å². The maximum absolute atomic E-state index is 12.0. The van der Waals surface area contributed by atoms with Gasteiger partial charge < -0.3 is 10.4 Å². The van der Waals surface area contributed by atoms with Crippen LogP contribution in [-0.2, 0) is 13.5 Å². The first-order valence-corrected chi connectivity index (χ1v) is 5.56. The molecule has 1 heterocycles. The molecule has 5 nitrogen and oxygen atoms in total. The van der Waals surface area contributed by atoms with Crippen LogP contribution in [0.3, 0.4) is 0 Å². The molecule has 0 aliphatic heterocycles. The molecule has 1 saturated carbocycles. The van der Waals surface area contributed by atoms with Crippen LogP contribution in [0.5, 0.6) is 0 Å². The van der Waals surface area contributed by atoms with Crippen molar-refractivity contribution in [3.63, 3.8) is 0 Å². The van der Waals surface area contributed by atoms with Crippen LogP contribution in [0.2, 0.25) is 0 Å². The first-order valence-electron chi connectivity index (χ1n) is 5.56. The highest BCUT2D eigenvalue weighted by atomic mass is 16.3. The SMILES string of the molecule is CCc1nn(C)cc1C(=O)NC1(CO)CC1. The van der Waals surface area contributed by atoms with Crippen molar-refractivity contribution in [1.29, 1.82) is 0 Å². The molecule has 0 bridgehead atoms. The van der Waals surface area contributed by atoms with Gasteiger partial charge in [-0.2, -0.15) is 5.10 Å². The van der Waals surface area contributed by atoms with E-state index < -0.39 is 0 Å². The summed E-state index contributed by atoms with van der Waals surface area (Å²) in [5.41, 5.74) is 1.05. The van der Waals surface area contributed by atoms with E-state index in [1.54, 1.807) is 17.9 Å². The molecule has 88 valence electrons. The minimum Gasteiger partial charge on any atom is -0.394 e. The molecule has 0 aromatic carbocycles. The molecule has 1 aliphatic rings. The Labute approximate surface area is 94.5 Å². The molecule has 1 aliphatic carbocycles. The molecule has 2 N–H and O–H groups in total. The largest absolute Gasteiger partial charge is 0.394 e. The monoisotopic (exact) mass is 223 g/mol. The van der Waals surface area contributed by atoms with Gasteiger partial charge in [0, 0.05) is 13.2 Å². The number of amides is 1. The summed E-state index contributed by atoms with van der Waals surface area (Å²) in [6.07, 6.45) is 4.17. The lowest BCUT2D eigenvalue weighted by atomic mass is 10.2. The summed E-state index contributed by atoms with van der Waals surface area (Å²) in [4.78, 5) is 12.0. The number of nitrogens with zero attached hydrogens (tertiary/aromatic N) is 2. The summed E-state index contributed by atoms with van der Waals surface area (Å²) < 4.78 is 1.65. The molecule has 0 saturated heterocycles. The van der Waals surface area contributed by atoms with Crippen molar-refractivity contribution in [1.82, 2.24) is 15.1 Å². The molecular weight excluding hydrogens is 206 g/mol. The molecule has 1 fully saturated rings. The van der Waals surface area contributed by atoms with Gasteiger partial charge in [-0.15, -0.1) is 0 Å². The van der Waals surface area contributed by atoms with Crippen LogP contribution in [0.4, 0.5) is 0 Å². The molecule has 5 heteroatoms. The summed E-state index contributed by atoms with van der Waals surface area (Å²) in [5.74, 6) is -0.128. The zero-order valence-electron chi connectivity index (χ0n) is 9.66. The van der Waals surface area contributed by atoms with Gasteiger partial charge in [-0.3, -0.25) is 9.48 Å². The lowest BCUT2D eigenvalue weighted by Crippen LogP contribution is -2.39. The quantitative estimate of drug-likeness (QED) is 0.768. The second-order valence-corrected chi connectivity index (χ2v) is 4.41. The van der Waals surface area contributed by atoms with Crippen molar-refractivity contribution < 1.29 is 9.90 Å². The number of rotatable bonds is 4. The number of aryl methyl sites for hydroxylation is 2. The molecule has 1 aromatic rings. The van der Waals surface area contributed by atoms with Crippen molar-refractivity contribution >= 4 is 5.91 Å². The molecule has 0 spiro atoms. The Kier molecular flexibility index (Phi) is 2.71. The lowest BCUT2D eigenvalue weighted by Gasteiger charge is -2.13. The lowest BCUT2D eigenvalue weighted by molar-refractivity contribution is 0.0906. The van der Waals surface area contributed by atoms with E-state index in [9.17, 15) is 4.79 Å². The average molecular weight is 223 g/mol. The number of aromatic nitrogens is 2. The van der Waals surface area contributed by atoms with Crippen LogP contribution >= 0.6 is 0 Å². The predicted molar refractivity (Wildman–Crippen MR) is 59.1 cm³/mol. The van der Waals surface area contributed by atoms with Crippen molar-refractivity contribution in [2.75, 3.05) is 6.61 Å². The Morgan fingerprint density at radius 1 is 1.69 bits per heavy atom. The normalized spacial score (nSPS) is 17.2. The van der Waals surface area contributed by atoms with Crippen LogP contribution in [0, 0.1) is 0 Å². The standard InChI is InChI=1S/C11H17N3O2/c1-3-9-8(6-14(2)13-9)10(16)12-11(7-15)4-5-11/h6,15H,3-5,7H2,1-2H3,(H,12,16). The molecule has 1 aromatic heterocycles. The first-order chi connectivity index (χ1) is 7.60. The van der Waals surface area contributed by atoms with E-state index in [-0.39, 0.29) is 18.1 Å². The molecule has 0 unspecified atom stereocenters. The summed E-state index contributed by atoms with van der Waals surface area (Å²) in [7, 11) is 1.80. The van der Waals surface area contributed by atoms with Gasteiger partial charge in [0.1, 0.15) is 0 Å².